The summed E-state index contributed by atoms with van der Waals surface area (Å²) >= 11 is 0. The summed E-state index contributed by atoms with van der Waals surface area (Å²) in [5, 5.41) is 0. The minimum atomic E-state index is -0.511. The first-order valence-electron chi connectivity index (χ1n) is 6.61. The van der Waals surface area contributed by atoms with E-state index < -0.39 is 5.60 Å². The first kappa shape index (κ1) is 14.4. The summed E-state index contributed by atoms with van der Waals surface area (Å²) in [6, 6.07) is 3.61. The van der Waals surface area contributed by atoms with E-state index in [1.807, 2.05) is 32.9 Å². The predicted octanol–water partition coefficient (Wildman–Crippen LogP) is 2.02. The molecule has 1 aliphatic rings. The Morgan fingerprint density at radius 2 is 2.05 bits per heavy atom. The Labute approximate surface area is 118 Å². The van der Waals surface area contributed by atoms with Crippen LogP contribution in [0.3, 0.4) is 0 Å². The van der Waals surface area contributed by atoms with Crippen LogP contribution in [-0.4, -0.2) is 34.3 Å². The zero-order valence-corrected chi connectivity index (χ0v) is 12.3. The molecule has 20 heavy (non-hydrogen) atoms. The maximum Gasteiger partial charge on any atom is 0.410 e. The van der Waals surface area contributed by atoms with Crippen molar-refractivity contribution in [2.24, 2.45) is 7.05 Å². The minimum absolute atomic E-state index is 0.0511. The third kappa shape index (κ3) is 3.10. The molecule has 0 fully saturated rings. The number of carbonyl (C=O) groups is 1. The second-order valence-electron chi connectivity index (χ2n) is 5.93. The third-order valence-corrected chi connectivity index (χ3v) is 3.04. The molecule has 2 heterocycles. The van der Waals surface area contributed by atoms with E-state index in [2.05, 4.69) is 0 Å². The van der Waals surface area contributed by atoms with Gasteiger partial charge in [0.25, 0.3) is 5.56 Å². The molecule has 0 aromatic carbocycles. The van der Waals surface area contributed by atoms with Crippen molar-refractivity contribution in [3.8, 4) is 0 Å². The van der Waals surface area contributed by atoms with Crippen molar-refractivity contribution in [2.75, 3.05) is 13.1 Å². The molecule has 0 saturated carbocycles. The number of carbonyl (C=O) groups excluding carboxylic acids is 1. The van der Waals surface area contributed by atoms with Gasteiger partial charge in [-0.05, 0) is 38.5 Å². The van der Waals surface area contributed by atoms with Crippen molar-refractivity contribution in [3.63, 3.8) is 0 Å². The lowest BCUT2D eigenvalue weighted by Crippen LogP contribution is -2.35. The lowest BCUT2D eigenvalue weighted by molar-refractivity contribution is 0.0306. The average molecular weight is 276 g/mol. The summed E-state index contributed by atoms with van der Waals surface area (Å²) in [5.41, 5.74) is 0.950. The van der Waals surface area contributed by atoms with Crippen molar-refractivity contribution in [1.82, 2.24) is 9.47 Å². The molecule has 108 valence electrons. The molecule has 5 nitrogen and oxygen atoms in total. The van der Waals surface area contributed by atoms with Gasteiger partial charge >= 0.3 is 6.09 Å². The summed E-state index contributed by atoms with van der Waals surface area (Å²) in [4.78, 5) is 25.6. The van der Waals surface area contributed by atoms with Gasteiger partial charge in [0.1, 0.15) is 5.60 Å². The summed E-state index contributed by atoms with van der Waals surface area (Å²) in [6.07, 6.45) is 3.27. The number of ether oxygens (including phenoxy) is 1. The molecule has 2 rings (SSSR count). The SMILES string of the molecule is Cn1cccc(C2=CCN(C(=O)OC(C)(C)C)C2)c1=O. The van der Waals surface area contributed by atoms with Gasteiger partial charge in [-0.2, -0.15) is 0 Å². The monoisotopic (exact) mass is 276 g/mol. The highest BCUT2D eigenvalue weighted by atomic mass is 16.6. The van der Waals surface area contributed by atoms with E-state index in [1.54, 1.807) is 24.2 Å². The highest BCUT2D eigenvalue weighted by molar-refractivity contribution is 5.77. The fourth-order valence-corrected chi connectivity index (χ4v) is 2.06. The van der Waals surface area contributed by atoms with Crippen LogP contribution in [-0.2, 0) is 11.8 Å². The largest absolute Gasteiger partial charge is 0.444 e. The van der Waals surface area contributed by atoms with Crippen LogP contribution in [0.15, 0.2) is 29.2 Å². The average Bonchev–Trinajstić information content (AvgIpc) is 2.80. The number of hydrogen-bond acceptors (Lipinski definition) is 3. The molecule has 5 heteroatoms. The Hall–Kier alpha value is -2.04. The summed E-state index contributed by atoms with van der Waals surface area (Å²) in [5.74, 6) is 0. The molecule has 1 aromatic heterocycles. The van der Waals surface area contributed by atoms with Crippen LogP contribution in [0.5, 0.6) is 0 Å². The number of aryl methyl sites for hydroxylation is 1. The predicted molar refractivity (Wildman–Crippen MR) is 77.5 cm³/mol. The first-order chi connectivity index (χ1) is 9.28. The fourth-order valence-electron chi connectivity index (χ4n) is 2.06. The second-order valence-corrected chi connectivity index (χ2v) is 5.93. The summed E-state index contributed by atoms with van der Waals surface area (Å²) in [7, 11) is 1.72. The van der Waals surface area contributed by atoms with Crippen LogP contribution in [0.4, 0.5) is 4.79 Å². The zero-order chi connectivity index (χ0) is 14.9. The van der Waals surface area contributed by atoms with Crippen molar-refractivity contribution < 1.29 is 9.53 Å². The maximum atomic E-state index is 12.0. The Kier molecular flexibility index (Phi) is 3.70. The zero-order valence-electron chi connectivity index (χ0n) is 12.3. The number of nitrogens with zero attached hydrogens (tertiary/aromatic N) is 2. The number of aromatic nitrogens is 1. The molecule has 0 N–H and O–H groups in total. The molecule has 0 saturated heterocycles. The van der Waals surface area contributed by atoms with Gasteiger partial charge < -0.3 is 14.2 Å². The molecule has 0 bridgehead atoms. The highest BCUT2D eigenvalue weighted by Crippen LogP contribution is 2.20. The fraction of sp³-hybridized carbons (Fsp3) is 0.467. The second kappa shape index (κ2) is 5.15. The van der Waals surface area contributed by atoms with Gasteiger partial charge in [0, 0.05) is 31.9 Å². The number of hydrogen-bond donors (Lipinski definition) is 0. The van der Waals surface area contributed by atoms with Crippen molar-refractivity contribution in [3.05, 3.63) is 40.3 Å². The topological polar surface area (TPSA) is 51.5 Å². The van der Waals surface area contributed by atoms with Crippen LogP contribution in [0.25, 0.3) is 5.57 Å². The quantitative estimate of drug-likeness (QED) is 0.788. The Morgan fingerprint density at radius 1 is 1.35 bits per heavy atom. The number of amides is 1. The van der Waals surface area contributed by atoms with Crippen LogP contribution in [0.2, 0.25) is 0 Å². The normalized spacial score (nSPS) is 15.2. The van der Waals surface area contributed by atoms with E-state index in [9.17, 15) is 9.59 Å². The van der Waals surface area contributed by atoms with Crippen molar-refractivity contribution >= 4 is 11.7 Å². The van der Waals surface area contributed by atoms with Gasteiger partial charge in [-0.15, -0.1) is 0 Å². The van der Waals surface area contributed by atoms with Crippen molar-refractivity contribution in [1.29, 1.82) is 0 Å². The van der Waals surface area contributed by atoms with Gasteiger partial charge in [0.2, 0.25) is 0 Å². The maximum absolute atomic E-state index is 12.0. The lowest BCUT2D eigenvalue weighted by atomic mass is 10.1. The van der Waals surface area contributed by atoms with Gasteiger partial charge in [0.05, 0.1) is 0 Å². The highest BCUT2D eigenvalue weighted by Gasteiger charge is 2.26. The Balaban J connectivity index is 2.11. The van der Waals surface area contributed by atoms with Crippen LogP contribution < -0.4 is 5.56 Å². The van der Waals surface area contributed by atoms with E-state index in [1.165, 1.54) is 4.57 Å². The Bertz CT molecular complexity index is 608. The molecule has 0 aliphatic carbocycles. The summed E-state index contributed by atoms with van der Waals surface area (Å²) in [6.45, 7) is 6.39. The standard InChI is InChI=1S/C15H20N2O3/c1-15(2,3)20-14(19)17-9-7-11(10-17)12-6-5-8-16(4)13(12)18/h5-8H,9-10H2,1-4H3. The minimum Gasteiger partial charge on any atom is -0.444 e. The van der Waals surface area contributed by atoms with E-state index in [0.29, 0.717) is 18.7 Å². The van der Waals surface area contributed by atoms with E-state index in [4.69, 9.17) is 4.74 Å². The van der Waals surface area contributed by atoms with Gasteiger partial charge in [0.15, 0.2) is 0 Å². The van der Waals surface area contributed by atoms with Crippen LogP contribution >= 0.6 is 0 Å². The smallest absolute Gasteiger partial charge is 0.410 e. The van der Waals surface area contributed by atoms with E-state index in [0.717, 1.165) is 5.57 Å². The molecular weight excluding hydrogens is 256 g/mol. The Morgan fingerprint density at radius 3 is 2.70 bits per heavy atom. The third-order valence-electron chi connectivity index (χ3n) is 3.04. The van der Waals surface area contributed by atoms with E-state index in [-0.39, 0.29) is 11.7 Å². The molecule has 0 radical (unpaired) electrons. The van der Waals surface area contributed by atoms with Crippen molar-refractivity contribution in [2.45, 2.75) is 26.4 Å². The molecule has 0 spiro atoms. The number of pyridine rings is 1. The molecular formula is C15H20N2O3. The summed E-state index contributed by atoms with van der Waals surface area (Å²) < 4.78 is 6.86. The molecule has 0 atom stereocenters. The van der Waals surface area contributed by atoms with Gasteiger partial charge in [-0.25, -0.2) is 4.79 Å². The molecule has 1 amide bonds. The first-order valence-corrected chi connectivity index (χ1v) is 6.61. The van der Waals surface area contributed by atoms with E-state index >= 15 is 0 Å². The van der Waals surface area contributed by atoms with Gasteiger partial charge in [-0.3, -0.25) is 4.79 Å². The molecule has 1 aromatic rings. The number of rotatable bonds is 1. The van der Waals surface area contributed by atoms with Crippen LogP contribution in [0, 0.1) is 0 Å². The lowest BCUT2D eigenvalue weighted by Gasteiger charge is -2.24. The molecule has 1 aliphatic heterocycles. The molecule has 0 unspecified atom stereocenters. The van der Waals surface area contributed by atoms with Crippen LogP contribution in [0.1, 0.15) is 26.3 Å². The van der Waals surface area contributed by atoms with Gasteiger partial charge in [-0.1, -0.05) is 6.08 Å².